The number of nitrogens with zero attached hydrogens (tertiary/aromatic N) is 3. The predicted octanol–water partition coefficient (Wildman–Crippen LogP) is 2.66. The van der Waals surface area contributed by atoms with Crippen molar-refractivity contribution in [2.75, 3.05) is 39.8 Å². The van der Waals surface area contributed by atoms with E-state index in [0.29, 0.717) is 43.7 Å². The van der Waals surface area contributed by atoms with Gasteiger partial charge in [-0.3, -0.25) is 9.69 Å². The summed E-state index contributed by atoms with van der Waals surface area (Å²) in [6.45, 7) is 2.13. The molecule has 1 aromatic carbocycles. The van der Waals surface area contributed by atoms with Gasteiger partial charge in [-0.05, 0) is 62.4 Å². The SMILES string of the molecule is CN(CC(=O)N1CCN(S(=O)(=O)c2ccc3c(c2)CCC3)CC1)C1CCCCCC1. The van der Waals surface area contributed by atoms with Crippen LogP contribution in [0.1, 0.15) is 56.1 Å². The normalized spacial score (nSPS) is 21.6. The average molecular weight is 434 g/mol. The lowest BCUT2D eigenvalue weighted by molar-refractivity contribution is -0.133. The fraction of sp³-hybridized carbons (Fsp3) is 0.696. The molecule has 0 unspecified atom stereocenters. The van der Waals surface area contributed by atoms with E-state index in [-0.39, 0.29) is 5.91 Å². The number of sulfonamides is 1. The van der Waals surface area contributed by atoms with Crippen LogP contribution in [-0.2, 0) is 27.7 Å². The van der Waals surface area contributed by atoms with Crippen LogP contribution in [-0.4, -0.2) is 74.2 Å². The van der Waals surface area contributed by atoms with E-state index < -0.39 is 10.0 Å². The first-order valence-electron chi connectivity index (χ1n) is 11.5. The quantitative estimate of drug-likeness (QED) is 0.670. The highest BCUT2D eigenvalue weighted by Gasteiger charge is 2.31. The number of aryl methyl sites for hydroxylation is 2. The lowest BCUT2D eigenvalue weighted by Crippen LogP contribution is -2.52. The zero-order valence-electron chi connectivity index (χ0n) is 18.2. The molecule has 7 heteroatoms. The number of fused-ring (bicyclic) bond motifs is 1. The molecule has 3 aliphatic rings. The summed E-state index contributed by atoms with van der Waals surface area (Å²) in [6, 6.07) is 6.08. The summed E-state index contributed by atoms with van der Waals surface area (Å²) in [7, 11) is -1.43. The van der Waals surface area contributed by atoms with E-state index in [2.05, 4.69) is 11.9 Å². The number of carbonyl (C=O) groups is 1. The van der Waals surface area contributed by atoms with Gasteiger partial charge in [0.2, 0.25) is 15.9 Å². The number of rotatable bonds is 5. The maximum absolute atomic E-state index is 13.1. The summed E-state index contributed by atoms with van der Waals surface area (Å²) in [5.74, 6) is 0.122. The second-order valence-corrected chi connectivity index (χ2v) is 11.1. The first kappa shape index (κ1) is 21.8. The maximum atomic E-state index is 13.1. The number of hydrogen-bond acceptors (Lipinski definition) is 4. The zero-order chi connectivity index (χ0) is 21.1. The third kappa shape index (κ3) is 4.73. The van der Waals surface area contributed by atoms with Crippen molar-refractivity contribution < 1.29 is 13.2 Å². The lowest BCUT2D eigenvalue weighted by atomic mass is 10.1. The molecule has 2 fully saturated rings. The van der Waals surface area contributed by atoms with Gasteiger partial charge in [0, 0.05) is 32.2 Å². The Hall–Kier alpha value is -1.44. The average Bonchev–Trinajstić information content (AvgIpc) is 3.05. The maximum Gasteiger partial charge on any atom is 0.243 e. The van der Waals surface area contributed by atoms with Crippen molar-refractivity contribution in [2.45, 2.75) is 68.7 Å². The van der Waals surface area contributed by atoms with Gasteiger partial charge in [0.05, 0.1) is 11.4 Å². The van der Waals surface area contributed by atoms with Crippen LogP contribution >= 0.6 is 0 Å². The van der Waals surface area contributed by atoms with E-state index in [1.54, 1.807) is 10.4 Å². The minimum Gasteiger partial charge on any atom is -0.339 e. The second kappa shape index (κ2) is 9.37. The molecule has 1 amide bonds. The molecule has 1 aliphatic heterocycles. The van der Waals surface area contributed by atoms with Gasteiger partial charge in [0.25, 0.3) is 0 Å². The number of benzene rings is 1. The molecule has 1 saturated carbocycles. The van der Waals surface area contributed by atoms with E-state index >= 15 is 0 Å². The molecule has 1 aromatic rings. The molecule has 0 radical (unpaired) electrons. The number of carbonyl (C=O) groups excluding carboxylic acids is 1. The Morgan fingerprint density at radius 3 is 2.33 bits per heavy atom. The molecule has 4 rings (SSSR count). The minimum absolute atomic E-state index is 0.122. The van der Waals surface area contributed by atoms with Crippen LogP contribution in [0, 0.1) is 0 Å². The van der Waals surface area contributed by atoms with Gasteiger partial charge >= 0.3 is 0 Å². The molecule has 166 valence electrons. The Bertz CT molecular complexity index is 854. The molecule has 0 aromatic heterocycles. The molecule has 0 bridgehead atoms. The van der Waals surface area contributed by atoms with Crippen LogP contribution in [0.2, 0.25) is 0 Å². The van der Waals surface area contributed by atoms with Gasteiger partial charge in [-0.2, -0.15) is 4.31 Å². The Morgan fingerprint density at radius 2 is 1.63 bits per heavy atom. The van der Waals surface area contributed by atoms with Crippen molar-refractivity contribution in [3.8, 4) is 0 Å². The number of amides is 1. The van der Waals surface area contributed by atoms with Crippen LogP contribution in [0.3, 0.4) is 0 Å². The van der Waals surface area contributed by atoms with Crippen molar-refractivity contribution in [3.05, 3.63) is 29.3 Å². The smallest absolute Gasteiger partial charge is 0.243 e. The van der Waals surface area contributed by atoms with Crippen molar-refractivity contribution in [2.24, 2.45) is 0 Å². The number of piperazine rings is 1. The first-order chi connectivity index (χ1) is 14.4. The van der Waals surface area contributed by atoms with Crippen LogP contribution < -0.4 is 0 Å². The fourth-order valence-electron chi connectivity index (χ4n) is 5.18. The molecule has 1 heterocycles. The van der Waals surface area contributed by atoms with E-state index in [1.807, 2.05) is 17.0 Å². The van der Waals surface area contributed by atoms with Gasteiger partial charge in [-0.25, -0.2) is 8.42 Å². The van der Waals surface area contributed by atoms with E-state index in [1.165, 1.54) is 49.7 Å². The van der Waals surface area contributed by atoms with E-state index in [4.69, 9.17) is 0 Å². The third-order valence-corrected chi connectivity index (χ3v) is 9.03. The van der Waals surface area contributed by atoms with Gasteiger partial charge in [-0.1, -0.05) is 31.7 Å². The monoisotopic (exact) mass is 433 g/mol. The van der Waals surface area contributed by atoms with Crippen molar-refractivity contribution in [1.29, 1.82) is 0 Å². The number of hydrogen-bond donors (Lipinski definition) is 0. The van der Waals surface area contributed by atoms with Crippen molar-refractivity contribution in [3.63, 3.8) is 0 Å². The predicted molar refractivity (Wildman–Crippen MR) is 118 cm³/mol. The summed E-state index contributed by atoms with van der Waals surface area (Å²) in [4.78, 5) is 17.3. The van der Waals surface area contributed by atoms with E-state index in [9.17, 15) is 13.2 Å². The van der Waals surface area contributed by atoms with Gasteiger partial charge in [0.15, 0.2) is 0 Å². The van der Waals surface area contributed by atoms with Gasteiger partial charge in [-0.15, -0.1) is 0 Å². The lowest BCUT2D eigenvalue weighted by Gasteiger charge is -2.36. The van der Waals surface area contributed by atoms with Crippen LogP contribution in [0.4, 0.5) is 0 Å². The molecule has 30 heavy (non-hydrogen) atoms. The Morgan fingerprint density at radius 1 is 0.967 bits per heavy atom. The zero-order valence-corrected chi connectivity index (χ0v) is 19.0. The number of likely N-dealkylation sites (N-methyl/N-ethyl adjacent to an activating group) is 1. The van der Waals surface area contributed by atoms with Crippen molar-refractivity contribution >= 4 is 15.9 Å². The Labute approximate surface area is 181 Å². The first-order valence-corrected chi connectivity index (χ1v) is 13.0. The second-order valence-electron chi connectivity index (χ2n) is 9.13. The van der Waals surface area contributed by atoms with Crippen LogP contribution in [0.25, 0.3) is 0 Å². The molecule has 6 nitrogen and oxygen atoms in total. The van der Waals surface area contributed by atoms with Crippen LogP contribution in [0.15, 0.2) is 23.1 Å². The highest BCUT2D eigenvalue weighted by molar-refractivity contribution is 7.89. The molecular weight excluding hydrogens is 398 g/mol. The largest absolute Gasteiger partial charge is 0.339 e. The summed E-state index contributed by atoms with van der Waals surface area (Å²) in [5, 5.41) is 0. The Kier molecular flexibility index (Phi) is 6.80. The topological polar surface area (TPSA) is 60.9 Å². The summed E-state index contributed by atoms with van der Waals surface area (Å²) >= 11 is 0. The van der Waals surface area contributed by atoms with Gasteiger partial charge < -0.3 is 4.90 Å². The highest BCUT2D eigenvalue weighted by atomic mass is 32.2. The molecule has 0 atom stereocenters. The molecular formula is C23H35N3O3S. The molecule has 1 saturated heterocycles. The summed E-state index contributed by atoms with van der Waals surface area (Å²) in [6.07, 6.45) is 10.6. The van der Waals surface area contributed by atoms with Crippen molar-refractivity contribution in [1.82, 2.24) is 14.1 Å². The molecule has 2 aliphatic carbocycles. The Balaban J connectivity index is 1.32. The highest BCUT2D eigenvalue weighted by Crippen LogP contribution is 2.27. The summed E-state index contributed by atoms with van der Waals surface area (Å²) < 4.78 is 27.7. The minimum atomic E-state index is -3.49. The van der Waals surface area contributed by atoms with Gasteiger partial charge in [0.1, 0.15) is 0 Å². The summed E-state index contributed by atoms with van der Waals surface area (Å²) in [5.41, 5.74) is 2.45. The molecule has 0 spiro atoms. The van der Waals surface area contributed by atoms with E-state index in [0.717, 1.165) is 19.3 Å². The van der Waals surface area contributed by atoms with Crippen LogP contribution in [0.5, 0.6) is 0 Å². The fourth-order valence-corrected chi connectivity index (χ4v) is 6.65. The molecule has 0 N–H and O–H groups in total. The standard InChI is InChI=1S/C23H35N3O3S/c1-24(21-9-4-2-3-5-10-21)18-23(27)25-13-15-26(16-14-25)30(28,29)22-12-11-19-7-6-8-20(19)17-22/h11-12,17,21H,2-10,13-16,18H2,1H3. The third-order valence-electron chi connectivity index (χ3n) is 7.13.